The molecule has 0 aliphatic heterocycles. The van der Waals surface area contributed by atoms with Crippen LogP contribution in [0.2, 0.25) is 0 Å². The molecule has 0 aromatic carbocycles. The van der Waals surface area contributed by atoms with Crippen LogP contribution in [0.1, 0.15) is 28.7 Å². The lowest BCUT2D eigenvalue weighted by Gasteiger charge is -2.11. The lowest BCUT2D eigenvalue weighted by Crippen LogP contribution is -2.00. The highest BCUT2D eigenvalue weighted by atomic mass is 16.5. The maximum absolute atomic E-state index is 10.8. The van der Waals surface area contributed by atoms with Gasteiger partial charge in [0.2, 0.25) is 5.88 Å². The van der Waals surface area contributed by atoms with Crippen LogP contribution in [-0.2, 0) is 6.42 Å². The van der Waals surface area contributed by atoms with E-state index in [0.29, 0.717) is 11.6 Å². The van der Waals surface area contributed by atoms with Gasteiger partial charge >= 0.3 is 0 Å². The Labute approximate surface area is 112 Å². The molecule has 0 radical (unpaired) electrons. The van der Waals surface area contributed by atoms with Gasteiger partial charge in [-0.05, 0) is 31.5 Å². The first-order valence-corrected chi connectivity index (χ1v) is 6.16. The van der Waals surface area contributed by atoms with E-state index in [4.69, 9.17) is 4.74 Å². The second-order valence-corrected chi connectivity index (χ2v) is 4.21. The Kier molecular flexibility index (Phi) is 3.90. The van der Waals surface area contributed by atoms with Crippen LogP contribution in [0.5, 0.6) is 5.88 Å². The first-order valence-electron chi connectivity index (χ1n) is 6.16. The third kappa shape index (κ3) is 2.62. The van der Waals surface area contributed by atoms with Gasteiger partial charge in [0.05, 0.1) is 18.5 Å². The summed E-state index contributed by atoms with van der Waals surface area (Å²) in [4.78, 5) is 19.5. The Bertz CT molecular complexity index is 609. The van der Waals surface area contributed by atoms with Crippen molar-refractivity contribution < 1.29 is 9.53 Å². The van der Waals surface area contributed by atoms with Gasteiger partial charge in [-0.3, -0.25) is 4.79 Å². The number of carbonyl (C=O) groups is 1. The highest BCUT2D eigenvalue weighted by molar-refractivity contribution is 5.74. The first kappa shape index (κ1) is 13.2. The number of aromatic nitrogens is 2. The van der Waals surface area contributed by atoms with Crippen molar-refractivity contribution in [1.82, 2.24) is 9.97 Å². The van der Waals surface area contributed by atoms with Gasteiger partial charge in [0.1, 0.15) is 5.69 Å². The van der Waals surface area contributed by atoms with Crippen LogP contribution in [-0.4, -0.2) is 23.4 Å². The number of hydrogen-bond acceptors (Lipinski definition) is 4. The summed E-state index contributed by atoms with van der Waals surface area (Å²) < 4.78 is 5.27. The molecule has 0 spiro atoms. The van der Waals surface area contributed by atoms with Gasteiger partial charge in [-0.1, -0.05) is 13.0 Å². The number of aryl methyl sites for hydroxylation is 2. The molecule has 0 amide bonds. The molecule has 0 unspecified atom stereocenters. The largest absolute Gasteiger partial charge is 0.481 e. The summed E-state index contributed by atoms with van der Waals surface area (Å²) in [7, 11) is 1.62. The van der Waals surface area contributed by atoms with Crippen LogP contribution in [0.4, 0.5) is 0 Å². The average Bonchev–Trinajstić information content (AvgIpc) is 2.46. The summed E-state index contributed by atoms with van der Waals surface area (Å²) in [5.74, 6) is 0.648. The lowest BCUT2D eigenvalue weighted by atomic mass is 10.1. The Balaban J connectivity index is 2.57. The van der Waals surface area contributed by atoms with Crippen molar-refractivity contribution in [2.45, 2.75) is 20.3 Å². The monoisotopic (exact) mass is 256 g/mol. The third-order valence-corrected chi connectivity index (χ3v) is 2.99. The zero-order valence-electron chi connectivity index (χ0n) is 11.3. The van der Waals surface area contributed by atoms with Gasteiger partial charge in [0.15, 0.2) is 6.29 Å². The molecule has 4 heteroatoms. The fourth-order valence-corrected chi connectivity index (χ4v) is 1.98. The van der Waals surface area contributed by atoms with Crippen molar-refractivity contribution in [1.29, 1.82) is 0 Å². The zero-order valence-corrected chi connectivity index (χ0v) is 11.3. The summed E-state index contributed by atoms with van der Waals surface area (Å²) >= 11 is 0. The summed E-state index contributed by atoms with van der Waals surface area (Å²) in [6, 6.07) is 7.41. The number of pyridine rings is 2. The van der Waals surface area contributed by atoms with E-state index in [1.807, 2.05) is 32.0 Å². The molecule has 0 saturated carbocycles. The van der Waals surface area contributed by atoms with E-state index in [9.17, 15) is 4.79 Å². The molecule has 0 aliphatic rings. The van der Waals surface area contributed by atoms with Crippen LogP contribution in [0.15, 0.2) is 24.3 Å². The fourth-order valence-electron chi connectivity index (χ4n) is 1.98. The normalized spacial score (nSPS) is 10.3. The number of carbonyl (C=O) groups excluding carboxylic acids is 1. The maximum atomic E-state index is 10.8. The highest BCUT2D eigenvalue weighted by Gasteiger charge is 2.11. The first-order chi connectivity index (χ1) is 9.19. The number of hydrogen-bond donors (Lipinski definition) is 0. The molecule has 2 heterocycles. The minimum Gasteiger partial charge on any atom is -0.481 e. The molecule has 0 saturated heterocycles. The van der Waals surface area contributed by atoms with Crippen LogP contribution in [0.3, 0.4) is 0 Å². The molecule has 0 atom stereocenters. The van der Waals surface area contributed by atoms with Crippen LogP contribution < -0.4 is 4.74 Å². The van der Waals surface area contributed by atoms with Crippen molar-refractivity contribution in [3.05, 3.63) is 41.2 Å². The van der Waals surface area contributed by atoms with E-state index in [1.165, 1.54) is 0 Å². The summed E-state index contributed by atoms with van der Waals surface area (Å²) in [5, 5.41) is 0. The second kappa shape index (κ2) is 5.61. The molecule has 0 fully saturated rings. The quantitative estimate of drug-likeness (QED) is 0.789. The van der Waals surface area contributed by atoms with Crippen LogP contribution in [0.25, 0.3) is 11.3 Å². The van der Waals surface area contributed by atoms with Gasteiger partial charge < -0.3 is 4.74 Å². The van der Waals surface area contributed by atoms with Crippen molar-refractivity contribution >= 4 is 6.29 Å². The predicted molar refractivity (Wildman–Crippen MR) is 73.5 cm³/mol. The Morgan fingerprint density at radius 2 is 2.11 bits per heavy atom. The van der Waals surface area contributed by atoms with E-state index in [0.717, 1.165) is 35.2 Å². The Morgan fingerprint density at radius 1 is 1.32 bits per heavy atom. The van der Waals surface area contributed by atoms with Crippen molar-refractivity contribution in [2.75, 3.05) is 7.11 Å². The fraction of sp³-hybridized carbons (Fsp3) is 0.267. The maximum Gasteiger partial charge on any atom is 0.216 e. The van der Waals surface area contributed by atoms with E-state index >= 15 is 0 Å². The molecule has 4 nitrogen and oxygen atoms in total. The topological polar surface area (TPSA) is 52.1 Å². The summed E-state index contributed by atoms with van der Waals surface area (Å²) in [6.07, 6.45) is 1.58. The number of methoxy groups -OCH3 is 1. The zero-order chi connectivity index (χ0) is 13.8. The molecule has 2 aromatic rings. The van der Waals surface area contributed by atoms with Crippen molar-refractivity contribution in [2.24, 2.45) is 0 Å². The molecule has 19 heavy (non-hydrogen) atoms. The molecule has 98 valence electrons. The van der Waals surface area contributed by atoms with Gasteiger partial charge in [-0.15, -0.1) is 0 Å². The van der Waals surface area contributed by atoms with Crippen LogP contribution in [0, 0.1) is 6.92 Å². The van der Waals surface area contributed by atoms with E-state index in [2.05, 4.69) is 9.97 Å². The van der Waals surface area contributed by atoms with E-state index < -0.39 is 0 Å². The highest BCUT2D eigenvalue weighted by Crippen LogP contribution is 2.26. The molecule has 2 aromatic heterocycles. The Hall–Kier alpha value is -2.23. The van der Waals surface area contributed by atoms with Gasteiger partial charge in [-0.2, -0.15) is 0 Å². The molecule has 0 N–H and O–H groups in total. The standard InChI is InChI=1S/C15H16N2O2/c1-4-11-8-13(10(2)16-15(11)19-3)14-7-5-6-12(9-18)17-14/h5-9H,4H2,1-3H3. The molecule has 0 bridgehead atoms. The van der Waals surface area contributed by atoms with Gasteiger partial charge in [-0.25, -0.2) is 9.97 Å². The van der Waals surface area contributed by atoms with E-state index in [-0.39, 0.29) is 0 Å². The smallest absolute Gasteiger partial charge is 0.216 e. The van der Waals surface area contributed by atoms with Gasteiger partial charge in [0.25, 0.3) is 0 Å². The number of ether oxygens (including phenoxy) is 1. The van der Waals surface area contributed by atoms with Crippen molar-refractivity contribution in [3.63, 3.8) is 0 Å². The number of nitrogens with zero attached hydrogens (tertiary/aromatic N) is 2. The molecule has 2 rings (SSSR count). The average molecular weight is 256 g/mol. The SMILES string of the molecule is CCc1cc(-c2cccc(C=O)n2)c(C)nc1OC. The number of aldehydes is 1. The second-order valence-electron chi connectivity index (χ2n) is 4.21. The summed E-state index contributed by atoms with van der Waals surface area (Å²) in [6.45, 7) is 3.96. The van der Waals surface area contributed by atoms with Crippen LogP contribution >= 0.6 is 0 Å². The Morgan fingerprint density at radius 3 is 2.74 bits per heavy atom. The van der Waals surface area contributed by atoms with E-state index in [1.54, 1.807) is 13.2 Å². The van der Waals surface area contributed by atoms with Crippen molar-refractivity contribution in [3.8, 4) is 17.1 Å². The molecule has 0 aliphatic carbocycles. The summed E-state index contributed by atoms with van der Waals surface area (Å²) in [5.41, 5.74) is 3.98. The predicted octanol–water partition coefficient (Wildman–Crippen LogP) is 2.84. The number of rotatable bonds is 4. The minimum absolute atomic E-state index is 0.422. The van der Waals surface area contributed by atoms with Gasteiger partial charge in [0, 0.05) is 11.1 Å². The molecular formula is C15H16N2O2. The minimum atomic E-state index is 0.422. The third-order valence-electron chi connectivity index (χ3n) is 2.99. The molecular weight excluding hydrogens is 240 g/mol. The lowest BCUT2D eigenvalue weighted by molar-refractivity contribution is 0.111.